The van der Waals surface area contributed by atoms with Crippen molar-refractivity contribution in [1.82, 2.24) is 0 Å². The highest BCUT2D eigenvalue weighted by Crippen LogP contribution is 2.39. The van der Waals surface area contributed by atoms with Crippen LogP contribution in [0.25, 0.3) is 0 Å². The van der Waals surface area contributed by atoms with Gasteiger partial charge in [-0.15, -0.1) is 0 Å². The molecule has 51 heavy (non-hydrogen) atoms. The highest BCUT2D eigenvalue weighted by atomic mass is 28.4. The molecule has 1 unspecified atom stereocenters. The number of hydrogen-bond donors (Lipinski definition) is 2. The van der Waals surface area contributed by atoms with Gasteiger partial charge in [-0.05, 0) is 87.6 Å². The van der Waals surface area contributed by atoms with Crippen LogP contribution in [0.3, 0.4) is 0 Å². The molecule has 2 rings (SSSR count). The Morgan fingerprint density at radius 2 is 1.73 bits per heavy atom. The summed E-state index contributed by atoms with van der Waals surface area (Å²) >= 11 is 0. The zero-order valence-corrected chi connectivity index (χ0v) is 35.9. The summed E-state index contributed by atoms with van der Waals surface area (Å²) in [4.78, 5) is 10.8. The molecule has 2 aliphatic heterocycles. The first-order valence-corrected chi connectivity index (χ1v) is 24.7. The van der Waals surface area contributed by atoms with E-state index in [-0.39, 0.29) is 34.5 Å². The second-order valence-electron chi connectivity index (χ2n) is 17.8. The summed E-state index contributed by atoms with van der Waals surface area (Å²) in [7, 11) is -4.28. The number of carboxylic acid groups (broad SMARTS) is 1. The third-order valence-electron chi connectivity index (χ3n) is 10.8. The summed E-state index contributed by atoms with van der Waals surface area (Å²) in [5, 5.41) is 20.4. The lowest BCUT2D eigenvalue weighted by Gasteiger charge is -2.40. The number of aliphatic carboxylic acids is 1. The van der Waals surface area contributed by atoms with Crippen molar-refractivity contribution in [2.24, 2.45) is 5.92 Å². The second kappa shape index (κ2) is 19.9. The van der Waals surface area contributed by atoms with Gasteiger partial charge in [0, 0.05) is 12.3 Å². The zero-order valence-electron chi connectivity index (χ0n) is 33.9. The minimum Gasteiger partial charge on any atom is -0.472 e. The van der Waals surface area contributed by atoms with Crippen LogP contribution in [0.2, 0.25) is 36.3 Å². The molecule has 0 aromatic rings. The maximum Gasteiger partial charge on any atom is 0.381 e. The maximum atomic E-state index is 11.6. The normalized spacial score (nSPS) is 23.0. The Balaban J connectivity index is 2.14. The van der Waals surface area contributed by atoms with Gasteiger partial charge in [-0.1, -0.05) is 115 Å². The number of rotatable bonds is 17. The zero-order chi connectivity index (χ0) is 38.6. The van der Waals surface area contributed by atoms with Crippen LogP contribution in [-0.2, 0) is 23.1 Å². The molecule has 0 saturated carbocycles. The van der Waals surface area contributed by atoms with Gasteiger partial charge < -0.3 is 28.5 Å². The van der Waals surface area contributed by atoms with Crippen LogP contribution in [0.1, 0.15) is 100 Å². The van der Waals surface area contributed by atoms with Gasteiger partial charge in [0.1, 0.15) is 0 Å². The fourth-order valence-electron chi connectivity index (χ4n) is 5.72. The van der Waals surface area contributed by atoms with E-state index in [0.717, 1.165) is 31.3 Å². The highest BCUT2D eigenvalue weighted by molar-refractivity contribution is 6.74. The van der Waals surface area contributed by atoms with Crippen LogP contribution in [-0.4, -0.2) is 76.0 Å². The first-order chi connectivity index (χ1) is 23.5. The van der Waals surface area contributed by atoms with Crippen LogP contribution in [0, 0.1) is 17.8 Å². The summed E-state index contributed by atoms with van der Waals surface area (Å²) in [6, 6.07) is 0. The number of aliphatic hydroxyl groups is 1. The lowest BCUT2D eigenvalue weighted by Crippen LogP contribution is -2.46. The Hall–Kier alpha value is -2.04. The van der Waals surface area contributed by atoms with Gasteiger partial charge in [0.15, 0.2) is 16.6 Å². The van der Waals surface area contributed by atoms with E-state index in [1.54, 1.807) is 0 Å². The number of carboxylic acids is 1. The van der Waals surface area contributed by atoms with Crippen LogP contribution in [0.4, 0.5) is 0 Å². The molecule has 0 spiro atoms. The molecule has 0 aromatic carbocycles. The molecule has 0 amide bonds. The number of hydrogen-bond acceptors (Lipinski definition) is 6. The molecule has 0 fully saturated rings. The molecule has 2 N–H and O–H groups in total. The topological polar surface area (TPSA) is 94.5 Å². The van der Waals surface area contributed by atoms with Crippen LogP contribution < -0.4 is 0 Å². The summed E-state index contributed by atoms with van der Waals surface area (Å²) in [5.41, 5.74) is 2.45. The standard InChI is InChI=1S/C42H70O7Si2/c1-31-25-26-46-35(28-31)23-24-39(49-51(12,13)42(7,8)9)38(43)21-15-20-37(48-50(10,11)41(4,5)6)30-33(3)27-32(2)29-36-19-14-17-34(47-36)18-16-22-40(44)45/h14-15,17,20,23-25,32,34-39,43H,3,18-19,21,26-30H2,1-2,4-13H3,(H,44,45)/b20-15+,24-23+/t32-,34-,35+,36-,37?,38-,39-/m0/s1. The van der Waals surface area contributed by atoms with Crippen molar-refractivity contribution in [2.75, 3.05) is 6.61 Å². The fourth-order valence-corrected chi connectivity index (χ4v) is 8.26. The van der Waals surface area contributed by atoms with Crippen molar-refractivity contribution < 1.29 is 33.3 Å². The molecule has 0 bridgehead atoms. The average Bonchev–Trinajstić information content (AvgIpc) is 2.97. The fraction of sp³-hybridized carbons (Fsp3) is 0.690. The molecule has 0 aliphatic carbocycles. The van der Waals surface area contributed by atoms with Crippen LogP contribution in [0.15, 0.2) is 60.3 Å². The second-order valence-corrected chi connectivity index (χ2v) is 27.3. The van der Waals surface area contributed by atoms with Crippen molar-refractivity contribution in [3.05, 3.63) is 60.3 Å². The van der Waals surface area contributed by atoms with E-state index >= 15 is 0 Å². The van der Waals surface area contributed by atoms with Crippen LogP contribution >= 0.6 is 0 Å². The van der Waals surface area contributed by atoms with E-state index < -0.39 is 34.8 Å². The summed E-state index contributed by atoms with van der Waals surface area (Å²) in [6.45, 7) is 31.9. The molecule has 9 heteroatoms. The molecule has 7 atom stereocenters. The number of carbonyl (C=O) groups is 1. The summed E-state index contributed by atoms with van der Waals surface area (Å²) in [6.07, 6.45) is 18.0. The first-order valence-electron chi connectivity index (χ1n) is 18.9. The number of aliphatic hydroxyl groups excluding tert-OH is 1. The van der Waals surface area contributed by atoms with Crippen molar-refractivity contribution >= 4 is 22.6 Å². The van der Waals surface area contributed by atoms with Gasteiger partial charge in [-0.25, -0.2) is 4.79 Å². The monoisotopic (exact) mass is 742 g/mol. The molecule has 2 heterocycles. The third kappa shape index (κ3) is 16.3. The van der Waals surface area contributed by atoms with Gasteiger partial charge >= 0.3 is 5.97 Å². The Bertz CT molecular complexity index is 1320. The molecular weight excluding hydrogens is 673 g/mol. The van der Waals surface area contributed by atoms with Crippen molar-refractivity contribution in [3.8, 4) is 11.8 Å². The lowest BCUT2D eigenvalue weighted by molar-refractivity contribution is -0.130. The van der Waals surface area contributed by atoms with E-state index in [0.29, 0.717) is 31.8 Å². The van der Waals surface area contributed by atoms with Crippen molar-refractivity contribution in [3.63, 3.8) is 0 Å². The van der Waals surface area contributed by atoms with Gasteiger partial charge in [0.25, 0.3) is 0 Å². The Morgan fingerprint density at radius 1 is 1.08 bits per heavy atom. The molecule has 2 aliphatic rings. The van der Waals surface area contributed by atoms with E-state index in [1.807, 2.05) is 12.2 Å². The Kier molecular flexibility index (Phi) is 17.6. The quantitative estimate of drug-likeness (QED) is 0.0871. The average molecular weight is 743 g/mol. The molecule has 288 valence electrons. The minimum absolute atomic E-state index is 0.00701. The highest BCUT2D eigenvalue weighted by Gasteiger charge is 2.41. The SMILES string of the molecule is C=C(CC(/C=C/C[C@H](O)[C@H](/C=C/[C@@H]1CC(C)=CCO1)O[Si](C)(C)C(C)(C)C)O[Si](C)(C)C(C)(C)C)C[C@H](C)C[C@@H]1CC=C[C@@H](CC#CC(=O)O)O1. The maximum absolute atomic E-state index is 11.6. The van der Waals surface area contributed by atoms with E-state index in [4.69, 9.17) is 23.4 Å². The van der Waals surface area contributed by atoms with Gasteiger partial charge in [-0.3, -0.25) is 0 Å². The Morgan fingerprint density at radius 3 is 2.33 bits per heavy atom. The van der Waals surface area contributed by atoms with E-state index in [9.17, 15) is 9.90 Å². The van der Waals surface area contributed by atoms with Gasteiger partial charge in [0.2, 0.25) is 0 Å². The van der Waals surface area contributed by atoms with Gasteiger partial charge in [-0.2, -0.15) is 0 Å². The predicted molar refractivity (Wildman–Crippen MR) is 216 cm³/mol. The first kappa shape index (κ1) is 45.1. The lowest BCUT2D eigenvalue weighted by atomic mass is 9.91. The van der Waals surface area contributed by atoms with Crippen molar-refractivity contribution in [1.29, 1.82) is 0 Å². The smallest absolute Gasteiger partial charge is 0.381 e. The molecule has 0 saturated heterocycles. The largest absolute Gasteiger partial charge is 0.472 e. The Labute approximate surface area is 312 Å². The third-order valence-corrected chi connectivity index (χ3v) is 19.8. The van der Waals surface area contributed by atoms with Crippen molar-refractivity contribution in [2.45, 2.75) is 173 Å². The number of ether oxygens (including phenoxy) is 2. The molecule has 0 radical (unpaired) electrons. The molecule has 0 aromatic heterocycles. The van der Waals surface area contributed by atoms with E-state index in [2.05, 4.69) is 130 Å². The van der Waals surface area contributed by atoms with Gasteiger partial charge in [0.05, 0.1) is 43.2 Å². The van der Waals surface area contributed by atoms with Crippen LogP contribution in [0.5, 0.6) is 0 Å². The van der Waals surface area contributed by atoms with E-state index in [1.165, 1.54) is 5.57 Å². The summed E-state index contributed by atoms with van der Waals surface area (Å²) in [5.74, 6) is 4.10. The molecular formula is C42H70O7Si2. The summed E-state index contributed by atoms with van der Waals surface area (Å²) < 4.78 is 25.9. The minimum atomic E-state index is -2.17. The molecule has 7 nitrogen and oxygen atoms in total. The predicted octanol–water partition coefficient (Wildman–Crippen LogP) is 9.92.